The second-order valence-corrected chi connectivity index (χ2v) is 6.65. The first-order valence-electron chi connectivity index (χ1n) is 8.45. The largest absolute Gasteiger partial charge is 0.416 e. The van der Waals surface area contributed by atoms with Gasteiger partial charge in [0.2, 0.25) is 5.91 Å². The fraction of sp³-hybridized carbons (Fsp3) is 0.556. The number of carbonyl (C=O) groups is 1. The van der Waals surface area contributed by atoms with Crippen LogP contribution in [0.15, 0.2) is 29.3 Å². The Morgan fingerprint density at radius 1 is 1.26 bits per heavy atom. The maximum atomic E-state index is 12.9. The number of alkyl halides is 3. The highest BCUT2D eigenvalue weighted by molar-refractivity contribution is 14.0. The number of nitrogens with zero attached hydrogens (tertiary/aromatic N) is 1. The van der Waals surface area contributed by atoms with Crippen LogP contribution in [0.5, 0.6) is 0 Å². The number of hydrogen-bond acceptors (Lipinski definition) is 2. The molecule has 0 aromatic heterocycles. The molecule has 0 heterocycles. The Morgan fingerprint density at radius 3 is 2.41 bits per heavy atom. The molecule has 1 atom stereocenters. The molecular weight excluding hydrogens is 472 g/mol. The number of carbonyl (C=O) groups excluding carboxylic acids is 1. The highest BCUT2D eigenvalue weighted by Crippen LogP contribution is 2.30. The van der Waals surface area contributed by atoms with Gasteiger partial charge in [-0.3, -0.25) is 9.79 Å². The second-order valence-electron chi connectivity index (χ2n) is 6.65. The number of halogens is 4. The minimum absolute atomic E-state index is 0. The van der Waals surface area contributed by atoms with Crippen LogP contribution in [0.25, 0.3) is 0 Å². The fourth-order valence-electron chi connectivity index (χ4n) is 2.28. The predicted octanol–water partition coefficient (Wildman–Crippen LogP) is 3.71. The van der Waals surface area contributed by atoms with Gasteiger partial charge in [-0.15, -0.1) is 24.0 Å². The van der Waals surface area contributed by atoms with Gasteiger partial charge in [0.15, 0.2) is 5.96 Å². The number of aliphatic imine (C=N–C) groups is 1. The van der Waals surface area contributed by atoms with Crippen LogP contribution < -0.4 is 16.0 Å². The number of nitrogens with one attached hydrogen (secondary N) is 3. The maximum Gasteiger partial charge on any atom is 0.416 e. The van der Waals surface area contributed by atoms with Crippen LogP contribution in [-0.2, 0) is 11.0 Å². The van der Waals surface area contributed by atoms with E-state index < -0.39 is 23.2 Å². The van der Waals surface area contributed by atoms with Crippen molar-refractivity contribution in [3.63, 3.8) is 0 Å². The van der Waals surface area contributed by atoms with Crippen molar-refractivity contribution in [1.29, 1.82) is 0 Å². The number of rotatable bonds is 6. The average Bonchev–Trinajstić information content (AvgIpc) is 2.58. The Balaban J connectivity index is 0.00000676. The number of hydrogen-bond donors (Lipinski definition) is 3. The van der Waals surface area contributed by atoms with Crippen LogP contribution in [0, 0.1) is 5.41 Å². The molecule has 0 spiro atoms. The molecule has 1 rings (SSSR count). The highest BCUT2D eigenvalue weighted by Gasteiger charge is 2.31. The van der Waals surface area contributed by atoms with E-state index in [1.165, 1.54) is 6.07 Å². The van der Waals surface area contributed by atoms with Gasteiger partial charge in [-0.25, -0.2) is 0 Å². The van der Waals surface area contributed by atoms with Gasteiger partial charge in [-0.2, -0.15) is 13.2 Å². The van der Waals surface area contributed by atoms with Gasteiger partial charge in [-0.1, -0.05) is 12.1 Å². The van der Waals surface area contributed by atoms with Gasteiger partial charge in [0.1, 0.15) is 0 Å². The van der Waals surface area contributed by atoms with Crippen LogP contribution in [0.3, 0.4) is 0 Å². The molecule has 0 radical (unpaired) electrons. The van der Waals surface area contributed by atoms with Gasteiger partial charge >= 0.3 is 6.18 Å². The van der Waals surface area contributed by atoms with Crippen LogP contribution in [-0.4, -0.2) is 32.0 Å². The van der Waals surface area contributed by atoms with Crippen molar-refractivity contribution in [2.45, 2.75) is 39.9 Å². The monoisotopic (exact) mass is 500 g/mol. The molecule has 0 bridgehead atoms. The molecule has 1 unspecified atom stereocenters. The summed E-state index contributed by atoms with van der Waals surface area (Å²) in [5.74, 6) is 0.303. The van der Waals surface area contributed by atoms with E-state index in [2.05, 4.69) is 20.9 Å². The van der Waals surface area contributed by atoms with E-state index in [4.69, 9.17) is 0 Å². The third kappa shape index (κ3) is 7.94. The molecule has 0 fully saturated rings. The molecule has 1 amide bonds. The van der Waals surface area contributed by atoms with Crippen LogP contribution in [0.4, 0.5) is 13.2 Å². The van der Waals surface area contributed by atoms with E-state index in [1.807, 2.05) is 6.92 Å². The minimum atomic E-state index is -4.38. The molecule has 5 nitrogen and oxygen atoms in total. The van der Waals surface area contributed by atoms with E-state index in [0.29, 0.717) is 18.1 Å². The Hall–Kier alpha value is -1.52. The number of benzene rings is 1. The van der Waals surface area contributed by atoms with E-state index in [1.54, 1.807) is 33.9 Å². The van der Waals surface area contributed by atoms with Crippen molar-refractivity contribution in [2.24, 2.45) is 10.4 Å². The van der Waals surface area contributed by atoms with E-state index >= 15 is 0 Å². The second kappa shape index (κ2) is 10.7. The smallest absolute Gasteiger partial charge is 0.359 e. The standard InChI is InChI=1S/C18H27F3N4O.HI/c1-6-23-16(24-11-17(3,4)15(26)22-5)25-12(2)13-8-7-9-14(10-13)18(19,20)21;/h7-10,12H,6,11H2,1-5H3,(H,22,26)(H2,23,24,25);1H. The normalized spacial score (nSPS) is 13.4. The molecule has 1 aromatic carbocycles. The van der Waals surface area contributed by atoms with Crippen LogP contribution in [0.2, 0.25) is 0 Å². The first kappa shape index (κ1) is 25.5. The summed E-state index contributed by atoms with van der Waals surface area (Å²) >= 11 is 0. The lowest BCUT2D eigenvalue weighted by Gasteiger charge is -2.23. The third-order valence-corrected chi connectivity index (χ3v) is 3.89. The maximum absolute atomic E-state index is 12.9. The van der Waals surface area contributed by atoms with E-state index in [9.17, 15) is 18.0 Å². The Kier molecular flexibility index (Phi) is 10.1. The molecule has 3 N–H and O–H groups in total. The Bertz CT molecular complexity index is 648. The lowest BCUT2D eigenvalue weighted by Crippen LogP contribution is -2.41. The summed E-state index contributed by atoms with van der Waals surface area (Å²) in [7, 11) is 1.56. The molecule has 27 heavy (non-hydrogen) atoms. The molecule has 0 aliphatic carbocycles. The molecule has 0 aliphatic heterocycles. The Labute approximate surface area is 175 Å². The first-order valence-corrected chi connectivity index (χ1v) is 8.45. The van der Waals surface area contributed by atoms with Crippen molar-refractivity contribution in [3.8, 4) is 0 Å². The summed E-state index contributed by atoms with van der Waals surface area (Å²) < 4.78 is 38.6. The topological polar surface area (TPSA) is 65.5 Å². The SMILES string of the molecule is CCNC(=NCC(C)(C)C(=O)NC)NC(C)c1cccc(C(F)(F)F)c1.I. The summed E-state index contributed by atoms with van der Waals surface area (Å²) in [6, 6.07) is 4.79. The highest BCUT2D eigenvalue weighted by atomic mass is 127. The zero-order chi connectivity index (χ0) is 20.0. The Morgan fingerprint density at radius 2 is 1.89 bits per heavy atom. The lowest BCUT2D eigenvalue weighted by molar-refractivity contribution is -0.137. The van der Waals surface area contributed by atoms with Crippen molar-refractivity contribution in [2.75, 3.05) is 20.1 Å². The summed E-state index contributed by atoms with van der Waals surface area (Å²) in [6.45, 7) is 8.01. The fourth-order valence-corrected chi connectivity index (χ4v) is 2.28. The van der Waals surface area contributed by atoms with Gasteiger partial charge in [0.25, 0.3) is 0 Å². The minimum Gasteiger partial charge on any atom is -0.359 e. The van der Waals surface area contributed by atoms with E-state index in [-0.39, 0.29) is 36.4 Å². The van der Waals surface area contributed by atoms with E-state index in [0.717, 1.165) is 12.1 Å². The molecule has 0 saturated heterocycles. The zero-order valence-electron chi connectivity index (χ0n) is 16.2. The van der Waals surface area contributed by atoms with Crippen molar-refractivity contribution >= 4 is 35.8 Å². The quantitative estimate of drug-likeness (QED) is 0.317. The zero-order valence-corrected chi connectivity index (χ0v) is 18.5. The molecule has 9 heteroatoms. The van der Waals surface area contributed by atoms with Crippen LogP contribution >= 0.6 is 24.0 Å². The molecule has 0 aliphatic rings. The predicted molar refractivity (Wildman–Crippen MR) is 112 cm³/mol. The van der Waals surface area contributed by atoms with Gasteiger partial charge in [0, 0.05) is 13.6 Å². The molecular formula is C18H28F3IN4O. The molecule has 1 aromatic rings. The third-order valence-electron chi connectivity index (χ3n) is 3.89. The summed E-state index contributed by atoms with van der Waals surface area (Å²) in [5.41, 5.74) is -0.890. The summed E-state index contributed by atoms with van der Waals surface area (Å²) in [4.78, 5) is 16.3. The van der Waals surface area contributed by atoms with Crippen LogP contribution in [0.1, 0.15) is 44.9 Å². The van der Waals surface area contributed by atoms with Crippen molar-refractivity contribution < 1.29 is 18.0 Å². The summed E-state index contributed by atoms with van der Waals surface area (Å²) in [5, 5.41) is 8.72. The van der Waals surface area contributed by atoms with Crippen molar-refractivity contribution in [1.82, 2.24) is 16.0 Å². The lowest BCUT2D eigenvalue weighted by atomic mass is 9.93. The van der Waals surface area contributed by atoms with Gasteiger partial charge < -0.3 is 16.0 Å². The van der Waals surface area contributed by atoms with Gasteiger partial charge in [-0.05, 0) is 45.4 Å². The summed E-state index contributed by atoms with van der Waals surface area (Å²) in [6.07, 6.45) is -4.38. The first-order chi connectivity index (χ1) is 12.0. The average molecular weight is 500 g/mol. The molecule has 0 saturated carbocycles. The van der Waals surface area contributed by atoms with Gasteiger partial charge in [0.05, 0.1) is 23.6 Å². The number of amides is 1. The number of guanidine groups is 1. The van der Waals surface area contributed by atoms with Crippen molar-refractivity contribution in [3.05, 3.63) is 35.4 Å². The molecule has 154 valence electrons.